The second-order valence-corrected chi connectivity index (χ2v) is 9.05. The third-order valence-electron chi connectivity index (χ3n) is 5.28. The average Bonchev–Trinajstić information content (AvgIpc) is 2.69. The summed E-state index contributed by atoms with van der Waals surface area (Å²) in [4.78, 5) is 12.7. The van der Waals surface area contributed by atoms with Crippen LogP contribution in [-0.2, 0) is 14.8 Å². The Kier molecular flexibility index (Phi) is 8.55. The Morgan fingerprint density at radius 1 is 1.14 bits per heavy atom. The minimum absolute atomic E-state index is 0. The fourth-order valence-electron chi connectivity index (χ4n) is 3.67. The van der Waals surface area contributed by atoms with Crippen molar-refractivity contribution in [2.24, 2.45) is 5.92 Å². The monoisotopic (exact) mass is 431 g/mol. The van der Waals surface area contributed by atoms with Gasteiger partial charge in [-0.2, -0.15) is 4.31 Å². The van der Waals surface area contributed by atoms with Crippen molar-refractivity contribution < 1.29 is 17.9 Å². The van der Waals surface area contributed by atoms with Gasteiger partial charge in [0.15, 0.2) is 0 Å². The number of benzene rings is 1. The number of halogens is 1. The molecule has 3 rings (SSSR count). The second kappa shape index (κ2) is 10.4. The second-order valence-electron chi connectivity index (χ2n) is 7.12. The zero-order valence-corrected chi connectivity index (χ0v) is 17.9. The van der Waals surface area contributed by atoms with Gasteiger partial charge in [0.2, 0.25) is 15.9 Å². The third-order valence-corrected chi connectivity index (χ3v) is 7.20. The Hall–Kier alpha value is -1.35. The Morgan fingerprint density at radius 3 is 2.32 bits per heavy atom. The number of carbonyl (C=O) groups excluding carboxylic acids is 1. The number of hydrogen-bond acceptors (Lipinski definition) is 5. The molecular formula is C19H30ClN3O4S. The molecule has 0 atom stereocenters. The van der Waals surface area contributed by atoms with Crippen molar-refractivity contribution in [3.8, 4) is 5.75 Å². The molecule has 1 aromatic rings. The molecule has 1 aromatic carbocycles. The summed E-state index contributed by atoms with van der Waals surface area (Å²) in [5.74, 6) is 0.622. The van der Waals surface area contributed by atoms with Crippen LogP contribution in [0.25, 0.3) is 0 Å². The van der Waals surface area contributed by atoms with Crippen LogP contribution in [0.5, 0.6) is 5.75 Å². The van der Waals surface area contributed by atoms with Crippen LogP contribution in [0.1, 0.15) is 32.6 Å². The maximum absolute atomic E-state index is 12.8. The number of nitrogens with one attached hydrogen (secondary N) is 2. The lowest BCUT2D eigenvalue weighted by Crippen LogP contribution is -2.47. The summed E-state index contributed by atoms with van der Waals surface area (Å²) in [5, 5.41) is 6.41. The Labute approximate surface area is 173 Å². The quantitative estimate of drug-likeness (QED) is 0.716. The number of carbonyl (C=O) groups is 1. The number of piperidine rings is 2. The van der Waals surface area contributed by atoms with E-state index in [9.17, 15) is 13.2 Å². The molecule has 0 aromatic heterocycles. The lowest BCUT2D eigenvalue weighted by Gasteiger charge is -2.32. The maximum Gasteiger partial charge on any atom is 0.243 e. The van der Waals surface area contributed by atoms with Gasteiger partial charge < -0.3 is 15.4 Å². The molecule has 2 fully saturated rings. The van der Waals surface area contributed by atoms with Crippen LogP contribution in [0.2, 0.25) is 0 Å². The van der Waals surface area contributed by atoms with Gasteiger partial charge >= 0.3 is 0 Å². The molecule has 7 nitrogen and oxygen atoms in total. The highest BCUT2D eigenvalue weighted by atomic mass is 35.5. The summed E-state index contributed by atoms with van der Waals surface area (Å²) in [6, 6.07) is 6.75. The summed E-state index contributed by atoms with van der Waals surface area (Å²) >= 11 is 0. The van der Waals surface area contributed by atoms with Gasteiger partial charge in [0.25, 0.3) is 0 Å². The first kappa shape index (κ1) is 22.9. The van der Waals surface area contributed by atoms with Gasteiger partial charge in [-0.25, -0.2) is 8.42 Å². The van der Waals surface area contributed by atoms with E-state index < -0.39 is 10.0 Å². The van der Waals surface area contributed by atoms with Crippen LogP contribution in [-0.4, -0.2) is 57.5 Å². The summed E-state index contributed by atoms with van der Waals surface area (Å²) in [6.45, 7) is 5.04. The molecule has 2 aliphatic heterocycles. The lowest BCUT2D eigenvalue weighted by molar-refractivity contribution is -0.127. The number of amides is 1. The molecule has 28 heavy (non-hydrogen) atoms. The number of rotatable bonds is 6. The maximum atomic E-state index is 12.8. The normalized spacial score (nSPS) is 19.6. The smallest absolute Gasteiger partial charge is 0.243 e. The predicted molar refractivity (Wildman–Crippen MR) is 110 cm³/mol. The standard InChI is InChI=1S/C19H29N3O4S.ClH/c1-2-26-17-3-5-18(6-4-17)27(24,25)22-13-9-15(10-14-22)19(23)21-16-7-11-20-12-8-16;/h3-6,15-16,20H,2,7-14H2,1H3,(H,21,23);1H. The summed E-state index contributed by atoms with van der Waals surface area (Å²) < 4.78 is 32.5. The molecule has 0 bridgehead atoms. The minimum atomic E-state index is -3.53. The van der Waals surface area contributed by atoms with Gasteiger partial charge in [0.1, 0.15) is 5.75 Å². The van der Waals surface area contributed by atoms with Crippen LogP contribution >= 0.6 is 12.4 Å². The summed E-state index contributed by atoms with van der Waals surface area (Å²) in [7, 11) is -3.53. The van der Waals surface area contributed by atoms with Crippen LogP contribution in [0, 0.1) is 5.92 Å². The zero-order valence-electron chi connectivity index (χ0n) is 16.2. The van der Waals surface area contributed by atoms with Gasteiger partial charge in [-0.1, -0.05) is 0 Å². The van der Waals surface area contributed by atoms with E-state index in [1.54, 1.807) is 24.3 Å². The van der Waals surface area contributed by atoms with E-state index in [1.807, 2.05) is 6.92 Å². The van der Waals surface area contributed by atoms with Crippen LogP contribution < -0.4 is 15.4 Å². The van der Waals surface area contributed by atoms with E-state index in [2.05, 4.69) is 10.6 Å². The molecule has 2 aliphatic rings. The zero-order chi connectivity index (χ0) is 19.3. The Balaban J connectivity index is 0.00000280. The average molecular weight is 432 g/mol. The van der Waals surface area contributed by atoms with E-state index in [-0.39, 0.29) is 35.2 Å². The van der Waals surface area contributed by atoms with Crippen molar-refractivity contribution in [1.82, 2.24) is 14.9 Å². The van der Waals surface area contributed by atoms with E-state index in [0.29, 0.717) is 38.3 Å². The first-order valence-electron chi connectivity index (χ1n) is 9.75. The number of ether oxygens (including phenoxy) is 1. The molecule has 0 radical (unpaired) electrons. The summed E-state index contributed by atoms with van der Waals surface area (Å²) in [5.41, 5.74) is 0. The third kappa shape index (κ3) is 5.59. The lowest BCUT2D eigenvalue weighted by atomic mass is 9.96. The molecule has 2 saturated heterocycles. The fraction of sp³-hybridized carbons (Fsp3) is 0.632. The van der Waals surface area contributed by atoms with Gasteiger partial charge in [-0.3, -0.25) is 4.79 Å². The SMILES string of the molecule is CCOc1ccc(S(=O)(=O)N2CCC(C(=O)NC3CCNCC3)CC2)cc1.Cl. The Bertz CT molecular complexity index is 728. The molecule has 0 saturated carbocycles. The minimum Gasteiger partial charge on any atom is -0.494 e. The molecule has 2 N–H and O–H groups in total. The highest BCUT2D eigenvalue weighted by Crippen LogP contribution is 2.25. The molecule has 2 heterocycles. The van der Waals surface area contributed by atoms with Crippen LogP contribution in [0.4, 0.5) is 0 Å². The van der Waals surface area contributed by atoms with Gasteiger partial charge in [-0.05, 0) is 70.0 Å². The van der Waals surface area contributed by atoms with E-state index in [0.717, 1.165) is 25.9 Å². The predicted octanol–water partition coefficient (Wildman–Crippen LogP) is 1.78. The topological polar surface area (TPSA) is 87.7 Å². The van der Waals surface area contributed by atoms with Crippen molar-refractivity contribution in [3.63, 3.8) is 0 Å². The molecule has 0 aliphatic carbocycles. The van der Waals surface area contributed by atoms with Gasteiger partial charge in [0, 0.05) is 25.0 Å². The highest BCUT2D eigenvalue weighted by Gasteiger charge is 2.32. The largest absolute Gasteiger partial charge is 0.494 e. The van der Waals surface area contributed by atoms with Crippen molar-refractivity contribution in [1.29, 1.82) is 0 Å². The summed E-state index contributed by atoms with van der Waals surface area (Å²) in [6.07, 6.45) is 3.04. The molecule has 0 spiro atoms. The van der Waals surface area contributed by atoms with Crippen LogP contribution in [0.3, 0.4) is 0 Å². The van der Waals surface area contributed by atoms with Gasteiger partial charge in [-0.15, -0.1) is 12.4 Å². The van der Waals surface area contributed by atoms with E-state index >= 15 is 0 Å². The number of sulfonamides is 1. The van der Waals surface area contributed by atoms with E-state index in [1.165, 1.54) is 4.31 Å². The molecule has 0 unspecified atom stereocenters. The van der Waals surface area contributed by atoms with Crippen LogP contribution in [0.15, 0.2) is 29.2 Å². The van der Waals surface area contributed by atoms with Crippen molar-refractivity contribution >= 4 is 28.3 Å². The van der Waals surface area contributed by atoms with Crippen molar-refractivity contribution in [2.45, 2.75) is 43.5 Å². The fourth-order valence-corrected chi connectivity index (χ4v) is 5.14. The molecule has 9 heteroatoms. The van der Waals surface area contributed by atoms with Crippen molar-refractivity contribution in [2.75, 3.05) is 32.8 Å². The highest BCUT2D eigenvalue weighted by molar-refractivity contribution is 7.89. The molecular weight excluding hydrogens is 402 g/mol. The molecule has 1 amide bonds. The molecule has 158 valence electrons. The Morgan fingerprint density at radius 2 is 1.75 bits per heavy atom. The number of hydrogen-bond donors (Lipinski definition) is 2. The first-order valence-corrected chi connectivity index (χ1v) is 11.2. The van der Waals surface area contributed by atoms with E-state index in [4.69, 9.17) is 4.74 Å². The van der Waals surface area contributed by atoms with Gasteiger partial charge in [0.05, 0.1) is 11.5 Å². The number of nitrogens with zero attached hydrogens (tertiary/aromatic N) is 1. The first-order chi connectivity index (χ1) is 13.0. The van der Waals surface area contributed by atoms with Crippen molar-refractivity contribution in [3.05, 3.63) is 24.3 Å².